The van der Waals surface area contributed by atoms with Gasteiger partial charge in [-0.25, -0.2) is 0 Å². The zero-order valence-electron chi connectivity index (χ0n) is 15.9. The molecule has 5 rings (SSSR count). The number of furan rings is 1. The van der Waals surface area contributed by atoms with Crippen molar-refractivity contribution in [1.29, 1.82) is 0 Å². The van der Waals surface area contributed by atoms with Crippen LogP contribution < -0.4 is 0 Å². The summed E-state index contributed by atoms with van der Waals surface area (Å²) in [4.78, 5) is 30.8. The molecule has 5 nitrogen and oxygen atoms in total. The molecule has 1 aromatic carbocycles. The maximum Gasteiger partial charge on any atom is 0.259 e. The van der Waals surface area contributed by atoms with Crippen molar-refractivity contribution in [3.8, 4) is 0 Å². The third-order valence-corrected chi connectivity index (χ3v) is 6.53. The number of hydrogen-bond acceptors (Lipinski definition) is 3. The lowest BCUT2D eigenvalue weighted by atomic mass is 9.77. The highest BCUT2D eigenvalue weighted by Gasteiger charge is 2.54. The van der Waals surface area contributed by atoms with Crippen LogP contribution in [0, 0.1) is 0 Å². The summed E-state index contributed by atoms with van der Waals surface area (Å²) < 4.78 is 5.16. The second-order valence-corrected chi connectivity index (χ2v) is 8.22. The highest BCUT2D eigenvalue weighted by Crippen LogP contribution is 2.45. The molecule has 1 unspecified atom stereocenters. The van der Waals surface area contributed by atoms with Crippen LogP contribution in [0.1, 0.15) is 45.5 Å². The van der Waals surface area contributed by atoms with Crippen LogP contribution in [0.25, 0.3) is 0 Å². The lowest BCUT2D eigenvalue weighted by Crippen LogP contribution is -2.71. The van der Waals surface area contributed by atoms with Crippen LogP contribution in [-0.2, 0) is 6.42 Å². The third kappa shape index (κ3) is 2.76. The SMILES string of the molecule is O=C(c1ccoc1)N1CCCN2C(=O)c3ccccc3CC12C1=CC=C(Cl)CC1. The van der Waals surface area contributed by atoms with E-state index >= 15 is 0 Å². The summed E-state index contributed by atoms with van der Waals surface area (Å²) >= 11 is 6.23. The molecule has 0 saturated carbocycles. The standard InChI is InChI=1S/C23H21ClN2O3/c24-19-8-6-18(7-9-19)23-14-16-4-1-2-5-20(16)22(28)26(23)12-3-11-25(23)21(27)17-10-13-29-15-17/h1-2,4-6,8,10,13,15H,3,7,9,11-12,14H2. The van der Waals surface area contributed by atoms with E-state index in [0.717, 1.165) is 34.6 Å². The molecule has 148 valence electrons. The highest BCUT2D eigenvalue weighted by molar-refractivity contribution is 6.29. The van der Waals surface area contributed by atoms with E-state index in [0.29, 0.717) is 31.5 Å². The molecule has 6 heteroatoms. The summed E-state index contributed by atoms with van der Waals surface area (Å²) in [5.74, 6) is -0.129. The van der Waals surface area contributed by atoms with Gasteiger partial charge in [-0.15, -0.1) is 0 Å². The number of fused-ring (bicyclic) bond motifs is 2. The Balaban J connectivity index is 1.70. The molecule has 1 fully saturated rings. The number of amides is 2. The Morgan fingerprint density at radius 2 is 1.97 bits per heavy atom. The van der Waals surface area contributed by atoms with Crippen molar-refractivity contribution in [2.75, 3.05) is 13.1 Å². The minimum atomic E-state index is -0.813. The molecule has 1 aliphatic carbocycles. The molecule has 0 spiro atoms. The number of halogens is 1. The fourth-order valence-corrected chi connectivity index (χ4v) is 5.03. The van der Waals surface area contributed by atoms with Gasteiger partial charge in [0, 0.05) is 30.1 Å². The van der Waals surface area contributed by atoms with Crippen molar-refractivity contribution in [2.45, 2.75) is 31.3 Å². The molecule has 2 aromatic rings. The van der Waals surface area contributed by atoms with E-state index in [2.05, 4.69) is 0 Å². The van der Waals surface area contributed by atoms with Gasteiger partial charge in [0.15, 0.2) is 0 Å². The van der Waals surface area contributed by atoms with Crippen molar-refractivity contribution < 1.29 is 14.0 Å². The molecule has 1 saturated heterocycles. The minimum Gasteiger partial charge on any atom is -0.472 e. The van der Waals surface area contributed by atoms with Crippen LogP contribution in [0.5, 0.6) is 0 Å². The first-order valence-corrected chi connectivity index (χ1v) is 10.3. The van der Waals surface area contributed by atoms with E-state index in [1.165, 1.54) is 12.5 Å². The lowest BCUT2D eigenvalue weighted by molar-refractivity contribution is -0.0383. The average Bonchev–Trinajstić information content (AvgIpc) is 3.28. The molecule has 29 heavy (non-hydrogen) atoms. The van der Waals surface area contributed by atoms with E-state index in [1.54, 1.807) is 6.07 Å². The fourth-order valence-electron chi connectivity index (χ4n) is 4.87. The van der Waals surface area contributed by atoms with Crippen LogP contribution in [-0.4, -0.2) is 40.4 Å². The van der Waals surface area contributed by atoms with Gasteiger partial charge in [0.25, 0.3) is 11.8 Å². The number of rotatable bonds is 2. The first-order chi connectivity index (χ1) is 14.1. The van der Waals surface area contributed by atoms with E-state index in [-0.39, 0.29) is 11.8 Å². The monoisotopic (exact) mass is 408 g/mol. The average molecular weight is 409 g/mol. The van der Waals surface area contributed by atoms with Gasteiger partial charge in [0.1, 0.15) is 11.9 Å². The molecule has 3 aliphatic rings. The largest absolute Gasteiger partial charge is 0.472 e. The smallest absolute Gasteiger partial charge is 0.259 e. The topological polar surface area (TPSA) is 53.8 Å². The minimum absolute atomic E-state index is 0.0157. The Bertz CT molecular complexity index is 1040. The Kier molecular flexibility index (Phi) is 4.36. The van der Waals surface area contributed by atoms with Gasteiger partial charge >= 0.3 is 0 Å². The van der Waals surface area contributed by atoms with Crippen molar-refractivity contribution in [1.82, 2.24) is 9.80 Å². The van der Waals surface area contributed by atoms with Crippen LogP contribution in [0.3, 0.4) is 0 Å². The van der Waals surface area contributed by atoms with Crippen molar-refractivity contribution in [2.24, 2.45) is 0 Å². The van der Waals surface area contributed by atoms with Crippen LogP contribution >= 0.6 is 11.6 Å². The lowest BCUT2D eigenvalue weighted by Gasteiger charge is -2.57. The van der Waals surface area contributed by atoms with Crippen molar-refractivity contribution >= 4 is 23.4 Å². The number of carbonyl (C=O) groups is 2. The molecule has 2 aliphatic heterocycles. The molecule has 0 bridgehead atoms. The van der Waals surface area contributed by atoms with E-state index in [9.17, 15) is 9.59 Å². The van der Waals surface area contributed by atoms with Crippen LogP contribution in [0.15, 0.2) is 70.0 Å². The predicted molar refractivity (Wildman–Crippen MR) is 110 cm³/mol. The summed E-state index contributed by atoms with van der Waals surface area (Å²) in [5, 5.41) is 0.794. The molecule has 1 aromatic heterocycles. The highest BCUT2D eigenvalue weighted by atomic mass is 35.5. The molecule has 1 atom stereocenters. The normalized spacial score (nSPS) is 23.8. The van der Waals surface area contributed by atoms with E-state index < -0.39 is 5.66 Å². The Hall–Kier alpha value is -2.79. The Morgan fingerprint density at radius 1 is 1.10 bits per heavy atom. The summed E-state index contributed by atoms with van der Waals surface area (Å²) in [6, 6.07) is 9.40. The molecular formula is C23H21ClN2O3. The van der Waals surface area contributed by atoms with Crippen molar-refractivity contribution in [3.05, 3.63) is 82.3 Å². The number of hydrogen-bond donors (Lipinski definition) is 0. The van der Waals surface area contributed by atoms with Crippen LogP contribution in [0.2, 0.25) is 0 Å². The van der Waals surface area contributed by atoms with Gasteiger partial charge < -0.3 is 14.2 Å². The number of carbonyl (C=O) groups excluding carboxylic acids is 2. The van der Waals surface area contributed by atoms with Gasteiger partial charge in [-0.05, 0) is 48.6 Å². The van der Waals surface area contributed by atoms with Gasteiger partial charge in [-0.2, -0.15) is 0 Å². The van der Waals surface area contributed by atoms with E-state index in [4.69, 9.17) is 16.0 Å². The van der Waals surface area contributed by atoms with E-state index in [1.807, 2.05) is 46.2 Å². The molecule has 0 N–H and O–H groups in total. The van der Waals surface area contributed by atoms with Gasteiger partial charge in [-0.3, -0.25) is 9.59 Å². The third-order valence-electron chi connectivity index (χ3n) is 6.21. The second kappa shape index (κ2) is 6.92. The molecule has 0 radical (unpaired) electrons. The van der Waals surface area contributed by atoms with Crippen LogP contribution in [0.4, 0.5) is 0 Å². The maximum atomic E-state index is 13.5. The Labute approximate surface area is 174 Å². The van der Waals surface area contributed by atoms with Gasteiger partial charge in [0.05, 0.1) is 11.8 Å². The van der Waals surface area contributed by atoms with Crippen molar-refractivity contribution in [3.63, 3.8) is 0 Å². The number of nitrogens with zero attached hydrogens (tertiary/aromatic N) is 2. The molecular weight excluding hydrogens is 388 g/mol. The maximum absolute atomic E-state index is 13.5. The summed E-state index contributed by atoms with van der Waals surface area (Å²) in [6.07, 6.45) is 9.63. The second-order valence-electron chi connectivity index (χ2n) is 7.74. The first kappa shape index (κ1) is 18.3. The van der Waals surface area contributed by atoms with Gasteiger partial charge in [0.2, 0.25) is 0 Å². The first-order valence-electron chi connectivity index (χ1n) is 9.91. The summed E-state index contributed by atoms with van der Waals surface area (Å²) in [5.41, 5.74) is 2.45. The number of allylic oxidation sites excluding steroid dienone is 3. The summed E-state index contributed by atoms with van der Waals surface area (Å²) in [6.45, 7) is 1.21. The van der Waals surface area contributed by atoms with Gasteiger partial charge in [-0.1, -0.05) is 35.9 Å². The summed E-state index contributed by atoms with van der Waals surface area (Å²) in [7, 11) is 0. The molecule has 3 heterocycles. The predicted octanol–water partition coefficient (Wildman–Crippen LogP) is 4.36. The number of benzene rings is 1. The quantitative estimate of drug-likeness (QED) is 0.741. The fraction of sp³-hybridized carbons (Fsp3) is 0.304. The zero-order valence-corrected chi connectivity index (χ0v) is 16.7. The molecule has 2 amide bonds. The Morgan fingerprint density at radius 3 is 2.72 bits per heavy atom. The zero-order chi connectivity index (χ0) is 20.0.